The molecule has 2 aliphatic heterocycles. The molecule has 0 saturated carbocycles. The van der Waals surface area contributed by atoms with Gasteiger partial charge in [-0.05, 0) is 57.0 Å². The lowest BCUT2D eigenvalue weighted by atomic mass is 10.1. The lowest BCUT2D eigenvalue weighted by Gasteiger charge is -2.26. The highest BCUT2D eigenvalue weighted by atomic mass is 16.5. The first-order valence-corrected chi connectivity index (χ1v) is 10.1. The molecule has 144 valence electrons. The number of nitrogens with zero attached hydrogens (tertiary/aromatic N) is 2. The molecule has 5 heteroatoms. The van der Waals surface area contributed by atoms with Crippen LogP contribution in [0, 0.1) is 0 Å². The predicted octanol–water partition coefficient (Wildman–Crippen LogP) is 2.73. The molecule has 1 aromatic rings. The molecule has 1 atom stereocenters. The summed E-state index contributed by atoms with van der Waals surface area (Å²) in [5.41, 5.74) is 1.04. The van der Waals surface area contributed by atoms with Crippen LogP contribution >= 0.6 is 0 Å². The molecule has 0 aliphatic carbocycles. The first-order chi connectivity index (χ1) is 12.7. The Bertz CT molecular complexity index is 555. The van der Waals surface area contributed by atoms with Gasteiger partial charge in [0.1, 0.15) is 5.75 Å². The van der Waals surface area contributed by atoms with Gasteiger partial charge in [0.2, 0.25) is 5.91 Å². The molecule has 0 bridgehead atoms. The zero-order valence-corrected chi connectivity index (χ0v) is 16.0. The van der Waals surface area contributed by atoms with Crippen molar-refractivity contribution in [1.29, 1.82) is 0 Å². The highest BCUT2D eigenvalue weighted by Crippen LogP contribution is 2.17. The Morgan fingerprint density at radius 3 is 2.62 bits per heavy atom. The maximum absolute atomic E-state index is 12.5. The molecule has 0 aromatic heterocycles. The molecule has 5 nitrogen and oxygen atoms in total. The van der Waals surface area contributed by atoms with Crippen molar-refractivity contribution in [2.45, 2.75) is 45.1 Å². The second-order valence-corrected chi connectivity index (χ2v) is 7.28. The monoisotopic (exact) mass is 360 g/mol. The fourth-order valence-electron chi connectivity index (χ4n) is 3.78. The van der Waals surface area contributed by atoms with Crippen LogP contribution in [0.1, 0.15) is 38.2 Å². The molecule has 3 rings (SSSR count). The van der Waals surface area contributed by atoms with Crippen LogP contribution in [0.4, 0.5) is 0 Å². The Hall–Kier alpha value is -1.59. The van der Waals surface area contributed by atoms with E-state index in [0.717, 1.165) is 44.0 Å². The molecule has 0 unspecified atom stereocenters. The highest BCUT2D eigenvalue weighted by molar-refractivity contribution is 5.79. The van der Waals surface area contributed by atoms with E-state index in [2.05, 4.69) is 4.90 Å². The molecular formula is C21H32N2O3. The van der Waals surface area contributed by atoms with Crippen LogP contribution in [0.5, 0.6) is 5.75 Å². The Morgan fingerprint density at radius 1 is 1.12 bits per heavy atom. The van der Waals surface area contributed by atoms with Crippen LogP contribution in [0.15, 0.2) is 24.3 Å². The lowest BCUT2D eigenvalue weighted by molar-refractivity contribution is -0.130. The van der Waals surface area contributed by atoms with Crippen molar-refractivity contribution < 1.29 is 14.3 Å². The summed E-state index contributed by atoms with van der Waals surface area (Å²) in [7, 11) is 0. The maximum atomic E-state index is 12.5. The predicted molar refractivity (Wildman–Crippen MR) is 103 cm³/mol. The van der Waals surface area contributed by atoms with Crippen molar-refractivity contribution in [3.8, 4) is 5.75 Å². The van der Waals surface area contributed by atoms with Crippen LogP contribution in [-0.2, 0) is 16.0 Å². The third-order valence-corrected chi connectivity index (χ3v) is 5.30. The zero-order valence-electron chi connectivity index (χ0n) is 16.0. The number of amides is 1. The molecule has 26 heavy (non-hydrogen) atoms. The molecule has 2 heterocycles. The summed E-state index contributed by atoms with van der Waals surface area (Å²) in [6.45, 7) is 8.39. The molecule has 0 spiro atoms. The van der Waals surface area contributed by atoms with Gasteiger partial charge in [0.25, 0.3) is 0 Å². The number of piperidine rings is 1. The van der Waals surface area contributed by atoms with Gasteiger partial charge >= 0.3 is 0 Å². The number of hydrogen-bond donors (Lipinski definition) is 0. The van der Waals surface area contributed by atoms with Crippen molar-refractivity contribution in [3.63, 3.8) is 0 Å². The Morgan fingerprint density at radius 2 is 1.88 bits per heavy atom. The molecule has 0 radical (unpaired) electrons. The van der Waals surface area contributed by atoms with Gasteiger partial charge in [0.05, 0.1) is 25.7 Å². The number of hydrogen-bond acceptors (Lipinski definition) is 4. The summed E-state index contributed by atoms with van der Waals surface area (Å²) < 4.78 is 11.5. The number of ether oxygens (including phenoxy) is 2. The summed E-state index contributed by atoms with van der Waals surface area (Å²) in [6, 6.07) is 7.82. The van der Waals surface area contributed by atoms with Crippen LogP contribution in [0.25, 0.3) is 0 Å². The van der Waals surface area contributed by atoms with E-state index in [1.807, 2.05) is 36.1 Å². The van der Waals surface area contributed by atoms with Crippen molar-refractivity contribution >= 4 is 5.91 Å². The number of carbonyl (C=O) groups is 1. The van der Waals surface area contributed by atoms with Gasteiger partial charge in [-0.15, -0.1) is 0 Å². The Labute approximate surface area is 157 Å². The summed E-state index contributed by atoms with van der Waals surface area (Å²) in [5.74, 6) is 1.04. The van der Waals surface area contributed by atoms with Gasteiger partial charge in [0.15, 0.2) is 0 Å². The SMILES string of the molecule is CCOc1ccc(CC(=O)N2CC[C@@H](OCCN3CCCCC3)C2)cc1. The molecule has 2 saturated heterocycles. The van der Waals surface area contributed by atoms with E-state index in [1.165, 1.54) is 32.4 Å². The molecule has 0 N–H and O–H groups in total. The van der Waals surface area contributed by atoms with Gasteiger partial charge < -0.3 is 19.3 Å². The van der Waals surface area contributed by atoms with E-state index >= 15 is 0 Å². The van der Waals surface area contributed by atoms with E-state index in [0.29, 0.717) is 13.0 Å². The van der Waals surface area contributed by atoms with Crippen molar-refractivity contribution in [3.05, 3.63) is 29.8 Å². The third kappa shape index (κ3) is 5.71. The minimum Gasteiger partial charge on any atom is -0.494 e. The highest BCUT2D eigenvalue weighted by Gasteiger charge is 2.26. The Kier molecular flexibility index (Phi) is 7.32. The first-order valence-electron chi connectivity index (χ1n) is 10.1. The second kappa shape index (κ2) is 9.93. The standard InChI is InChI=1S/C21H32N2O3/c1-2-25-19-8-6-18(7-9-19)16-21(24)23-13-10-20(17-23)26-15-14-22-11-4-3-5-12-22/h6-9,20H,2-5,10-17H2,1H3/t20-/m1/s1. The van der Waals surface area contributed by atoms with E-state index in [-0.39, 0.29) is 12.0 Å². The topological polar surface area (TPSA) is 42.0 Å². The zero-order chi connectivity index (χ0) is 18.2. The van der Waals surface area contributed by atoms with Gasteiger partial charge in [-0.25, -0.2) is 0 Å². The molecule has 1 aromatic carbocycles. The van der Waals surface area contributed by atoms with Crippen molar-refractivity contribution in [1.82, 2.24) is 9.80 Å². The minimum atomic E-state index is 0.191. The summed E-state index contributed by atoms with van der Waals surface area (Å²) in [4.78, 5) is 17.0. The normalized spacial score (nSPS) is 21.1. The summed E-state index contributed by atoms with van der Waals surface area (Å²) in [5, 5.41) is 0. The van der Waals surface area contributed by atoms with Crippen LogP contribution in [-0.4, -0.2) is 67.7 Å². The largest absolute Gasteiger partial charge is 0.494 e. The summed E-state index contributed by atoms with van der Waals surface area (Å²) in [6.07, 6.45) is 5.60. The fourth-order valence-corrected chi connectivity index (χ4v) is 3.78. The molecular weight excluding hydrogens is 328 g/mol. The quantitative estimate of drug-likeness (QED) is 0.715. The molecule has 2 aliphatic rings. The van der Waals surface area contributed by atoms with E-state index in [1.54, 1.807) is 0 Å². The maximum Gasteiger partial charge on any atom is 0.227 e. The smallest absolute Gasteiger partial charge is 0.227 e. The first kappa shape index (κ1) is 19.2. The lowest BCUT2D eigenvalue weighted by Crippen LogP contribution is -2.34. The van der Waals surface area contributed by atoms with E-state index in [9.17, 15) is 4.79 Å². The number of benzene rings is 1. The minimum absolute atomic E-state index is 0.191. The third-order valence-electron chi connectivity index (χ3n) is 5.30. The molecule has 2 fully saturated rings. The van der Waals surface area contributed by atoms with Gasteiger partial charge in [0, 0.05) is 19.6 Å². The number of rotatable bonds is 8. The Balaban J connectivity index is 1.36. The summed E-state index contributed by atoms with van der Waals surface area (Å²) >= 11 is 0. The average Bonchev–Trinajstić information content (AvgIpc) is 3.14. The molecule has 1 amide bonds. The van der Waals surface area contributed by atoms with Gasteiger partial charge in [-0.1, -0.05) is 18.6 Å². The van der Waals surface area contributed by atoms with Crippen molar-refractivity contribution in [2.75, 3.05) is 45.9 Å². The van der Waals surface area contributed by atoms with Crippen LogP contribution < -0.4 is 4.74 Å². The van der Waals surface area contributed by atoms with Crippen LogP contribution in [0.3, 0.4) is 0 Å². The fraction of sp³-hybridized carbons (Fsp3) is 0.667. The number of carbonyl (C=O) groups excluding carboxylic acids is 1. The average molecular weight is 360 g/mol. The second-order valence-electron chi connectivity index (χ2n) is 7.28. The van der Waals surface area contributed by atoms with Gasteiger partial charge in [-0.2, -0.15) is 0 Å². The van der Waals surface area contributed by atoms with E-state index < -0.39 is 0 Å². The van der Waals surface area contributed by atoms with E-state index in [4.69, 9.17) is 9.47 Å². The van der Waals surface area contributed by atoms with Gasteiger partial charge in [-0.3, -0.25) is 4.79 Å². The van der Waals surface area contributed by atoms with Crippen molar-refractivity contribution in [2.24, 2.45) is 0 Å². The van der Waals surface area contributed by atoms with Crippen LogP contribution in [0.2, 0.25) is 0 Å². The number of likely N-dealkylation sites (tertiary alicyclic amines) is 2.